The molecule has 1 nitrogen and oxygen atoms in total. The number of aryl methyl sites for hydroxylation is 3. The Morgan fingerprint density at radius 3 is 2.19 bits per heavy atom. The summed E-state index contributed by atoms with van der Waals surface area (Å²) in [4.78, 5) is 0. The van der Waals surface area contributed by atoms with Crippen LogP contribution in [0, 0.1) is 20.8 Å². The van der Waals surface area contributed by atoms with Crippen LogP contribution in [0.15, 0.2) is 34.8 Å². The van der Waals surface area contributed by atoms with E-state index in [1.807, 2.05) is 19.2 Å². The van der Waals surface area contributed by atoms with Gasteiger partial charge >= 0.3 is 0 Å². The van der Waals surface area contributed by atoms with E-state index in [-0.39, 0.29) is 6.04 Å². The molecule has 1 unspecified atom stereocenters. The van der Waals surface area contributed by atoms with E-state index in [2.05, 4.69) is 60.2 Å². The lowest BCUT2D eigenvalue weighted by molar-refractivity contribution is 0.589. The molecule has 0 heterocycles. The van der Waals surface area contributed by atoms with Gasteiger partial charge in [-0.15, -0.1) is 0 Å². The van der Waals surface area contributed by atoms with Crippen LogP contribution in [0.3, 0.4) is 0 Å². The molecule has 1 N–H and O–H groups in total. The van der Waals surface area contributed by atoms with Gasteiger partial charge in [0.2, 0.25) is 0 Å². The molecule has 0 aliphatic heterocycles. The summed E-state index contributed by atoms with van der Waals surface area (Å²) in [5.41, 5.74) is 6.65. The van der Waals surface area contributed by atoms with Crippen LogP contribution in [0.5, 0.6) is 0 Å². The van der Waals surface area contributed by atoms with Crippen LogP contribution in [0.4, 0.5) is 0 Å². The Kier molecular flexibility index (Phi) is 5.48. The molecule has 0 aliphatic carbocycles. The lowest BCUT2D eigenvalue weighted by atomic mass is 9.92. The summed E-state index contributed by atoms with van der Waals surface area (Å²) in [6.07, 6.45) is 0.960. The molecule has 0 bridgehead atoms. The normalized spacial score (nSPS) is 12.5. The Morgan fingerprint density at radius 2 is 1.67 bits per heavy atom. The molecule has 2 rings (SSSR count). The van der Waals surface area contributed by atoms with E-state index in [9.17, 15) is 0 Å². The van der Waals surface area contributed by atoms with E-state index < -0.39 is 0 Å². The van der Waals surface area contributed by atoms with E-state index in [1.54, 1.807) is 0 Å². The summed E-state index contributed by atoms with van der Waals surface area (Å²) in [5, 5.41) is 4.17. The molecule has 0 spiro atoms. The van der Waals surface area contributed by atoms with E-state index in [0.29, 0.717) is 0 Å². The van der Waals surface area contributed by atoms with Crippen LogP contribution in [-0.2, 0) is 6.42 Å². The van der Waals surface area contributed by atoms with Crippen LogP contribution in [0.2, 0.25) is 5.02 Å². The Morgan fingerprint density at radius 1 is 1.05 bits per heavy atom. The van der Waals surface area contributed by atoms with Gasteiger partial charge in [-0.3, -0.25) is 0 Å². The summed E-state index contributed by atoms with van der Waals surface area (Å²) < 4.78 is 1.02. The van der Waals surface area contributed by atoms with Crippen molar-refractivity contribution in [3.8, 4) is 0 Å². The largest absolute Gasteiger partial charge is 0.313 e. The standard InChI is InChI=1S/C18H21BrClN/c1-11-5-12(2)17(13(3)6-11)10-18(21-4)14-7-15(19)9-16(20)8-14/h5-9,18,21H,10H2,1-4H3. The Labute approximate surface area is 140 Å². The first-order valence-electron chi connectivity index (χ1n) is 7.10. The summed E-state index contributed by atoms with van der Waals surface area (Å²) >= 11 is 9.70. The van der Waals surface area contributed by atoms with Gasteiger partial charge in [0.25, 0.3) is 0 Å². The summed E-state index contributed by atoms with van der Waals surface area (Å²) in [6.45, 7) is 6.53. The molecular weight excluding hydrogens is 346 g/mol. The fourth-order valence-corrected chi connectivity index (χ4v) is 3.79. The molecule has 21 heavy (non-hydrogen) atoms. The molecule has 0 aromatic heterocycles. The molecule has 0 amide bonds. The van der Waals surface area contributed by atoms with Gasteiger partial charge in [-0.1, -0.05) is 45.2 Å². The average Bonchev–Trinajstić information content (AvgIpc) is 2.36. The average molecular weight is 367 g/mol. The van der Waals surface area contributed by atoms with Gasteiger partial charge in [-0.05, 0) is 74.7 Å². The van der Waals surface area contributed by atoms with E-state index in [1.165, 1.54) is 27.8 Å². The second-order valence-corrected chi connectivity index (χ2v) is 6.98. The zero-order chi connectivity index (χ0) is 15.6. The number of hydrogen-bond donors (Lipinski definition) is 1. The van der Waals surface area contributed by atoms with E-state index in [0.717, 1.165) is 15.9 Å². The maximum Gasteiger partial charge on any atom is 0.0420 e. The van der Waals surface area contributed by atoms with Crippen molar-refractivity contribution in [3.63, 3.8) is 0 Å². The quantitative estimate of drug-likeness (QED) is 0.750. The number of hydrogen-bond acceptors (Lipinski definition) is 1. The van der Waals surface area contributed by atoms with Crippen molar-refractivity contribution in [1.29, 1.82) is 0 Å². The molecule has 112 valence electrons. The van der Waals surface area contributed by atoms with Crippen molar-refractivity contribution < 1.29 is 0 Å². The highest BCUT2D eigenvalue weighted by Crippen LogP contribution is 2.28. The predicted molar refractivity (Wildman–Crippen MR) is 95.3 cm³/mol. The Balaban J connectivity index is 2.35. The first-order chi connectivity index (χ1) is 9.90. The van der Waals surface area contributed by atoms with Crippen LogP contribution in [0.25, 0.3) is 0 Å². The number of likely N-dealkylation sites (N-methyl/N-ethyl adjacent to an activating group) is 1. The van der Waals surface area contributed by atoms with Gasteiger partial charge < -0.3 is 5.32 Å². The number of benzene rings is 2. The predicted octanol–water partition coefficient (Wildman–Crippen LogP) is 5.53. The van der Waals surface area contributed by atoms with Crippen molar-refractivity contribution >= 4 is 27.5 Å². The van der Waals surface area contributed by atoms with Crippen molar-refractivity contribution in [2.45, 2.75) is 33.2 Å². The van der Waals surface area contributed by atoms with Gasteiger partial charge in [-0.2, -0.15) is 0 Å². The van der Waals surface area contributed by atoms with Crippen LogP contribution in [0.1, 0.15) is 33.9 Å². The second-order valence-electron chi connectivity index (χ2n) is 5.63. The number of nitrogens with one attached hydrogen (secondary N) is 1. The number of rotatable bonds is 4. The first-order valence-corrected chi connectivity index (χ1v) is 8.27. The van der Waals surface area contributed by atoms with Crippen LogP contribution in [-0.4, -0.2) is 7.05 Å². The highest BCUT2D eigenvalue weighted by Gasteiger charge is 2.14. The van der Waals surface area contributed by atoms with Gasteiger partial charge in [0.05, 0.1) is 0 Å². The molecule has 1 atom stereocenters. The molecule has 0 aliphatic rings. The van der Waals surface area contributed by atoms with E-state index in [4.69, 9.17) is 11.6 Å². The maximum absolute atomic E-state index is 6.18. The monoisotopic (exact) mass is 365 g/mol. The lowest BCUT2D eigenvalue weighted by Gasteiger charge is -2.20. The smallest absolute Gasteiger partial charge is 0.0420 e. The van der Waals surface area contributed by atoms with Gasteiger partial charge in [0.1, 0.15) is 0 Å². The minimum atomic E-state index is 0.250. The summed E-state index contributed by atoms with van der Waals surface area (Å²) in [5.74, 6) is 0. The van der Waals surface area contributed by atoms with Crippen molar-refractivity contribution in [2.24, 2.45) is 0 Å². The third-order valence-corrected chi connectivity index (χ3v) is 4.56. The zero-order valence-corrected chi connectivity index (χ0v) is 15.3. The second kappa shape index (κ2) is 6.95. The SMILES string of the molecule is CNC(Cc1c(C)cc(C)cc1C)c1cc(Cl)cc(Br)c1. The Bertz CT molecular complexity index is 608. The minimum Gasteiger partial charge on any atom is -0.313 e. The first kappa shape index (κ1) is 16.5. The fraction of sp³-hybridized carbons (Fsp3) is 0.333. The van der Waals surface area contributed by atoms with Crippen LogP contribution < -0.4 is 5.32 Å². The van der Waals surface area contributed by atoms with Crippen molar-refractivity contribution in [2.75, 3.05) is 7.05 Å². The summed E-state index contributed by atoms with van der Waals surface area (Å²) in [6, 6.07) is 10.8. The molecule has 3 heteroatoms. The maximum atomic E-state index is 6.18. The minimum absolute atomic E-state index is 0.250. The lowest BCUT2D eigenvalue weighted by Crippen LogP contribution is -2.20. The molecule has 2 aromatic rings. The highest BCUT2D eigenvalue weighted by molar-refractivity contribution is 9.10. The number of halogens is 2. The summed E-state index contributed by atoms with van der Waals surface area (Å²) in [7, 11) is 2.00. The molecule has 0 saturated carbocycles. The van der Waals surface area contributed by atoms with Crippen LogP contribution >= 0.6 is 27.5 Å². The van der Waals surface area contributed by atoms with Crippen molar-refractivity contribution in [1.82, 2.24) is 5.32 Å². The third kappa shape index (κ3) is 4.09. The molecule has 2 aromatic carbocycles. The van der Waals surface area contributed by atoms with E-state index >= 15 is 0 Å². The van der Waals surface area contributed by atoms with Gasteiger partial charge in [0, 0.05) is 15.5 Å². The van der Waals surface area contributed by atoms with Crippen molar-refractivity contribution in [3.05, 3.63) is 67.6 Å². The third-order valence-electron chi connectivity index (χ3n) is 3.88. The fourth-order valence-electron chi connectivity index (χ4n) is 2.90. The molecule has 0 fully saturated rings. The topological polar surface area (TPSA) is 12.0 Å². The molecular formula is C18H21BrClN. The van der Waals surface area contributed by atoms with Gasteiger partial charge in [-0.25, -0.2) is 0 Å². The van der Waals surface area contributed by atoms with Gasteiger partial charge in [0.15, 0.2) is 0 Å². The Hall–Kier alpha value is -0.830. The molecule has 0 saturated heterocycles. The highest BCUT2D eigenvalue weighted by atomic mass is 79.9. The zero-order valence-electron chi connectivity index (χ0n) is 12.9. The molecule has 0 radical (unpaired) electrons.